The van der Waals surface area contributed by atoms with Gasteiger partial charge in [0, 0.05) is 23.0 Å². The van der Waals surface area contributed by atoms with Crippen LogP contribution in [0.4, 0.5) is 8.78 Å². The summed E-state index contributed by atoms with van der Waals surface area (Å²) < 4.78 is 40.1. The number of alkyl halides is 2. The van der Waals surface area contributed by atoms with E-state index >= 15 is 0 Å². The molecule has 0 bridgehead atoms. The van der Waals surface area contributed by atoms with Crippen LogP contribution in [0, 0.1) is 11.8 Å². The minimum Gasteiger partial charge on any atom is -0.471 e. The van der Waals surface area contributed by atoms with Crippen LogP contribution in [0.15, 0.2) is 70.6 Å². The van der Waals surface area contributed by atoms with E-state index in [9.17, 15) is 8.78 Å². The Morgan fingerprint density at radius 1 is 0.611 bits per heavy atom. The van der Waals surface area contributed by atoms with Gasteiger partial charge >= 0.3 is 0 Å². The Morgan fingerprint density at radius 3 is 1.31 bits per heavy atom. The van der Waals surface area contributed by atoms with Gasteiger partial charge in [-0.25, -0.2) is 18.8 Å². The zero-order valence-electron chi connectivity index (χ0n) is 21.5. The topological polar surface area (TPSA) is 43.2 Å². The summed E-state index contributed by atoms with van der Waals surface area (Å²) >= 11 is 0. The van der Waals surface area contributed by atoms with E-state index in [1.807, 2.05) is 60.7 Å². The molecule has 4 aliphatic rings. The van der Waals surface area contributed by atoms with Crippen molar-refractivity contribution < 1.29 is 18.3 Å². The molecular formula is C30H36F2N2O2. The van der Waals surface area contributed by atoms with Crippen molar-refractivity contribution in [2.45, 2.75) is 89.0 Å². The van der Waals surface area contributed by atoms with Crippen molar-refractivity contribution >= 4 is 11.8 Å². The molecule has 6 atom stereocenters. The third-order valence-corrected chi connectivity index (χ3v) is 7.97. The maximum absolute atomic E-state index is 14.1. The summed E-state index contributed by atoms with van der Waals surface area (Å²) in [6, 6.07) is 20.0. The van der Waals surface area contributed by atoms with Crippen LogP contribution in [0.25, 0.3) is 0 Å². The van der Waals surface area contributed by atoms with Gasteiger partial charge < -0.3 is 9.47 Å². The largest absolute Gasteiger partial charge is 0.471 e. The van der Waals surface area contributed by atoms with Crippen LogP contribution >= 0.6 is 0 Å². The molecule has 0 radical (unpaired) electrons. The van der Waals surface area contributed by atoms with Gasteiger partial charge in [-0.05, 0) is 77.6 Å². The molecule has 4 nitrogen and oxygen atoms in total. The number of fused-ring (bicyclic) bond motifs is 2. The standard InChI is InChI=1S/2C15H18FNO/c2*1-15(2,16)11-8-9-12-13(11)18-14(17-12)10-6-4-3-5-7-10/h2*3-7,11-13H,8-9H2,1-2H3/t2*11-,12-,13+/m10/s1. The molecule has 0 amide bonds. The van der Waals surface area contributed by atoms with Crippen molar-refractivity contribution in [3.8, 4) is 0 Å². The average Bonchev–Trinajstić information content (AvgIpc) is 3.59. The molecule has 0 spiro atoms. The molecule has 0 unspecified atom stereocenters. The summed E-state index contributed by atoms with van der Waals surface area (Å²) in [6.45, 7) is 6.57. The fraction of sp³-hybridized carbons (Fsp3) is 0.533. The molecule has 6 heteroatoms. The molecule has 2 aromatic rings. The second kappa shape index (κ2) is 9.60. The number of ether oxygens (including phenoxy) is 2. The second-order valence-electron chi connectivity index (χ2n) is 11.4. The van der Waals surface area contributed by atoms with E-state index in [0.29, 0.717) is 11.8 Å². The summed E-state index contributed by atoms with van der Waals surface area (Å²) in [6.07, 6.45) is 3.42. The molecule has 2 aliphatic carbocycles. The van der Waals surface area contributed by atoms with E-state index in [0.717, 1.165) is 36.8 Å². The molecular weight excluding hydrogens is 458 g/mol. The van der Waals surface area contributed by atoms with Crippen LogP contribution in [0.2, 0.25) is 0 Å². The Balaban J connectivity index is 0.000000148. The highest BCUT2D eigenvalue weighted by molar-refractivity contribution is 5.96. The fourth-order valence-corrected chi connectivity index (χ4v) is 6.03. The maximum atomic E-state index is 14.1. The van der Waals surface area contributed by atoms with E-state index < -0.39 is 11.3 Å². The predicted octanol–water partition coefficient (Wildman–Crippen LogP) is 6.72. The summed E-state index contributed by atoms with van der Waals surface area (Å²) in [5.41, 5.74) is -0.410. The van der Waals surface area contributed by atoms with Gasteiger partial charge in [-0.2, -0.15) is 0 Å². The highest BCUT2D eigenvalue weighted by atomic mass is 19.1. The third-order valence-electron chi connectivity index (χ3n) is 7.97. The normalized spacial score (nSPS) is 30.8. The van der Waals surface area contributed by atoms with E-state index in [1.54, 1.807) is 27.7 Å². The first kappa shape index (κ1) is 24.9. The molecule has 192 valence electrons. The van der Waals surface area contributed by atoms with Gasteiger partial charge in [0.25, 0.3) is 0 Å². The van der Waals surface area contributed by atoms with E-state index in [-0.39, 0.29) is 36.1 Å². The van der Waals surface area contributed by atoms with Gasteiger partial charge in [-0.1, -0.05) is 36.4 Å². The zero-order valence-corrected chi connectivity index (χ0v) is 21.5. The van der Waals surface area contributed by atoms with Crippen molar-refractivity contribution in [2.75, 3.05) is 0 Å². The number of aliphatic imine (C=N–C) groups is 2. The van der Waals surface area contributed by atoms with Crippen molar-refractivity contribution in [3.63, 3.8) is 0 Å². The molecule has 2 saturated carbocycles. The van der Waals surface area contributed by atoms with E-state index in [2.05, 4.69) is 9.98 Å². The number of hydrogen-bond acceptors (Lipinski definition) is 4. The monoisotopic (exact) mass is 494 g/mol. The Kier molecular flexibility index (Phi) is 6.65. The second-order valence-corrected chi connectivity index (χ2v) is 11.4. The number of hydrogen-bond donors (Lipinski definition) is 0. The summed E-state index contributed by atoms with van der Waals surface area (Å²) in [5.74, 6) is 1.26. The lowest BCUT2D eigenvalue weighted by molar-refractivity contribution is 0.0431. The Bertz CT molecular complexity index is 1020. The first-order valence-electron chi connectivity index (χ1n) is 13.1. The number of rotatable bonds is 4. The SMILES string of the molecule is CC(C)(F)[C@@H]1CC[C@H]2N=C(c3ccccc3)O[C@@H]12.CC(C)(F)[C@H]1CC[C@@H]2N=C(c3ccccc3)O[C@@H]21. The molecule has 2 heterocycles. The number of nitrogens with zero attached hydrogens (tertiary/aromatic N) is 2. The van der Waals surface area contributed by atoms with Crippen LogP contribution in [0.5, 0.6) is 0 Å². The molecule has 36 heavy (non-hydrogen) atoms. The average molecular weight is 495 g/mol. The first-order valence-corrected chi connectivity index (χ1v) is 13.1. The quantitative estimate of drug-likeness (QED) is 0.474. The molecule has 2 aliphatic heterocycles. The van der Waals surface area contributed by atoms with Crippen LogP contribution in [0.1, 0.15) is 64.5 Å². The smallest absolute Gasteiger partial charge is 0.216 e. The van der Waals surface area contributed by atoms with Crippen molar-refractivity contribution in [1.82, 2.24) is 0 Å². The molecule has 6 rings (SSSR count). The molecule has 2 fully saturated rings. The first-order chi connectivity index (χ1) is 17.1. The van der Waals surface area contributed by atoms with Crippen molar-refractivity contribution in [2.24, 2.45) is 21.8 Å². The van der Waals surface area contributed by atoms with Gasteiger partial charge in [0.1, 0.15) is 23.5 Å². The van der Waals surface area contributed by atoms with Crippen LogP contribution in [-0.2, 0) is 9.47 Å². The molecule has 2 aromatic carbocycles. The minimum atomic E-state index is -1.19. The predicted molar refractivity (Wildman–Crippen MR) is 139 cm³/mol. The Labute approximate surface area is 212 Å². The van der Waals surface area contributed by atoms with Gasteiger partial charge in [-0.15, -0.1) is 0 Å². The molecule has 0 N–H and O–H groups in total. The summed E-state index contributed by atoms with van der Waals surface area (Å²) in [5, 5.41) is 0. The van der Waals surface area contributed by atoms with E-state index in [1.165, 1.54) is 0 Å². The highest BCUT2D eigenvalue weighted by Crippen LogP contribution is 2.44. The van der Waals surface area contributed by atoms with Crippen LogP contribution in [0.3, 0.4) is 0 Å². The van der Waals surface area contributed by atoms with Gasteiger partial charge in [-0.3, -0.25) is 0 Å². The lowest BCUT2D eigenvalue weighted by Crippen LogP contribution is -2.36. The Hall–Kier alpha value is -2.76. The lowest BCUT2D eigenvalue weighted by Gasteiger charge is -2.27. The zero-order chi connectivity index (χ0) is 25.5. The van der Waals surface area contributed by atoms with Gasteiger partial charge in [0.05, 0.1) is 12.1 Å². The van der Waals surface area contributed by atoms with E-state index in [4.69, 9.17) is 9.47 Å². The van der Waals surface area contributed by atoms with Gasteiger partial charge in [0.2, 0.25) is 11.8 Å². The third kappa shape index (κ3) is 5.05. The number of halogens is 2. The lowest BCUT2D eigenvalue weighted by atomic mass is 9.89. The van der Waals surface area contributed by atoms with Crippen molar-refractivity contribution in [3.05, 3.63) is 71.8 Å². The van der Waals surface area contributed by atoms with Crippen molar-refractivity contribution in [1.29, 1.82) is 0 Å². The molecule has 0 aromatic heterocycles. The summed E-state index contributed by atoms with van der Waals surface area (Å²) in [7, 11) is 0. The number of benzene rings is 2. The van der Waals surface area contributed by atoms with Crippen LogP contribution in [-0.4, -0.2) is 47.4 Å². The maximum Gasteiger partial charge on any atom is 0.216 e. The highest BCUT2D eigenvalue weighted by Gasteiger charge is 2.50. The van der Waals surface area contributed by atoms with Gasteiger partial charge in [0.15, 0.2) is 0 Å². The fourth-order valence-electron chi connectivity index (χ4n) is 6.03. The Morgan fingerprint density at radius 2 is 0.972 bits per heavy atom. The van der Waals surface area contributed by atoms with Crippen LogP contribution < -0.4 is 0 Å². The minimum absolute atomic E-state index is 0.0486. The molecule has 0 saturated heterocycles. The summed E-state index contributed by atoms with van der Waals surface area (Å²) in [4.78, 5) is 9.22.